The van der Waals surface area contributed by atoms with Gasteiger partial charge in [0.15, 0.2) is 17.9 Å². The highest BCUT2D eigenvalue weighted by atomic mass is 19.1. The fourth-order valence-corrected chi connectivity index (χ4v) is 7.82. The number of likely N-dealkylation sites (tertiary alicyclic amines) is 1. The number of hydrogen-bond acceptors (Lipinski definition) is 10. The first-order valence-corrected chi connectivity index (χ1v) is 17.2. The molecule has 3 fully saturated rings. The summed E-state index contributed by atoms with van der Waals surface area (Å²) >= 11 is 0. The van der Waals surface area contributed by atoms with Crippen molar-refractivity contribution in [2.45, 2.75) is 90.8 Å². The molecule has 0 unspecified atom stereocenters. The lowest BCUT2D eigenvalue weighted by Gasteiger charge is -2.46. The van der Waals surface area contributed by atoms with Gasteiger partial charge >= 0.3 is 0 Å². The van der Waals surface area contributed by atoms with Gasteiger partial charge < -0.3 is 29.2 Å². The number of ether oxygens (including phenoxy) is 1. The molecule has 2 saturated heterocycles. The van der Waals surface area contributed by atoms with Gasteiger partial charge in [0.1, 0.15) is 24.2 Å². The van der Waals surface area contributed by atoms with Crippen molar-refractivity contribution in [3.05, 3.63) is 54.3 Å². The second kappa shape index (κ2) is 14.6. The van der Waals surface area contributed by atoms with Gasteiger partial charge in [-0.15, -0.1) is 10.2 Å². The molecule has 1 spiro atoms. The van der Waals surface area contributed by atoms with Crippen molar-refractivity contribution >= 4 is 17.6 Å². The molecule has 48 heavy (non-hydrogen) atoms. The zero-order valence-corrected chi connectivity index (χ0v) is 28.4. The van der Waals surface area contributed by atoms with Crippen molar-refractivity contribution in [2.75, 3.05) is 37.6 Å². The van der Waals surface area contributed by atoms with Crippen LogP contribution in [0.1, 0.15) is 93.5 Å². The van der Waals surface area contributed by atoms with Gasteiger partial charge in [-0.25, -0.2) is 14.4 Å². The van der Waals surface area contributed by atoms with E-state index in [0.717, 1.165) is 64.8 Å². The topological polar surface area (TPSA) is 130 Å². The smallest absolute Gasteiger partial charge is 0.282 e. The van der Waals surface area contributed by atoms with Crippen molar-refractivity contribution in [1.82, 2.24) is 35.3 Å². The average molecular weight is 663 g/mol. The Hall–Kier alpha value is -4.13. The van der Waals surface area contributed by atoms with Gasteiger partial charge in [0, 0.05) is 37.8 Å². The number of hydrogen-bond donors (Lipinski definition) is 1. The number of piperidine rings is 1. The molecular formula is C35H47FN8O4. The van der Waals surface area contributed by atoms with Gasteiger partial charge in [0.05, 0.1) is 5.56 Å². The van der Waals surface area contributed by atoms with Crippen molar-refractivity contribution in [3.8, 4) is 11.6 Å². The van der Waals surface area contributed by atoms with E-state index < -0.39 is 5.82 Å². The van der Waals surface area contributed by atoms with Crippen LogP contribution in [0, 0.1) is 17.2 Å². The lowest BCUT2D eigenvalue weighted by atomic mass is 9.67. The van der Waals surface area contributed by atoms with Crippen LogP contribution in [-0.2, 0) is 0 Å². The first-order valence-electron chi connectivity index (χ1n) is 17.2. The summed E-state index contributed by atoms with van der Waals surface area (Å²) in [7, 11) is 0. The maximum atomic E-state index is 14.4. The standard InChI is InChI=1S/C35H47FN8O4/c1-23(2)44(24(3)4)34(46)28-17-26(36)5-6-30(28)48-33-31(37-21-39-41-33)43-14-9-25(19-43)18-42-15-12-35(13-16-42)10-7-27(8-11-35)40-32(45)29-20-47-22-38-29/h5-6,17,20-25,27H,7-16,18-19H2,1-4H3,(H,40,45)/t25-/m0/s1. The molecule has 1 aliphatic carbocycles. The third-order valence-corrected chi connectivity index (χ3v) is 10.4. The molecule has 3 aromatic rings. The summed E-state index contributed by atoms with van der Waals surface area (Å²) in [5, 5.41) is 11.3. The third-order valence-electron chi connectivity index (χ3n) is 10.4. The van der Waals surface area contributed by atoms with Gasteiger partial charge in [-0.2, -0.15) is 0 Å². The van der Waals surface area contributed by atoms with Crippen LogP contribution < -0.4 is 15.0 Å². The molecule has 2 amide bonds. The van der Waals surface area contributed by atoms with E-state index in [-0.39, 0.29) is 47.1 Å². The van der Waals surface area contributed by atoms with Gasteiger partial charge in [-0.1, -0.05) is 0 Å². The van der Waals surface area contributed by atoms with Crippen LogP contribution in [0.5, 0.6) is 11.6 Å². The molecule has 1 aromatic carbocycles. The number of halogens is 1. The van der Waals surface area contributed by atoms with Crippen LogP contribution in [0.15, 0.2) is 41.6 Å². The predicted octanol–water partition coefficient (Wildman–Crippen LogP) is 5.33. The van der Waals surface area contributed by atoms with Crippen molar-refractivity contribution < 1.29 is 23.1 Å². The first-order chi connectivity index (χ1) is 23.1. The van der Waals surface area contributed by atoms with E-state index in [4.69, 9.17) is 9.15 Å². The molecule has 0 radical (unpaired) electrons. The summed E-state index contributed by atoms with van der Waals surface area (Å²) in [4.78, 5) is 40.9. The number of carbonyl (C=O) groups is 2. The lowest BCUT2D eigenvalue weighted by Crippen LogP contribution is -2.46. The Balaban J connectivity index is 1.03. The molecule has 1 atom stereocenters. The van der Waals surface area contributed by atoms with E-state index in [1.54, 1.807) is 4.90 Å². The summed E-state index contributed by atoms with van der Waals surface area (Å²) in [6.45, 7) is 12.6. The quantitative estimate of drug-likeness (QED) is 0.304. The van der Waals surface area contributed by atoms with Crippen LogP contribution in [0.2, 0.25) is 0 Å². The van der Waals surface area contributed by atoms with Gasteiger partial charge in [-0.05, 0) is 115 Å². The molecule has 3 aliphatic rings. The van der Waals surface area contributed by atoms with Gasteiger partial charge in [-0.3, -0.25) is 9.59 Å². The van der Waals surface area contributed by atoms with E-state index in [1.165, 1.54) is 50.0 Å². The van der Waals surface area contributed by atoms with E-state index in [0.29, 0.717) is 22.8 Å². The summed E-state index contributed by atoms with van der Waals surface area (Å²) in [6, 6.07) is 4.01. The molecule has 0 bridgehead atoms. The molecule has 1 N–H and O–H groups in total. The summed E-state index contributed by atoms with van der Waals surface area (Å²) in [5.74, 6) is 0.495. The van der Waals surface area contributed by atoms with Crippen molar-refractivity contribution in [2.24, 2.45) is 11.3 Å². The fraction of sp³-hybridized carbons (Fsp3) is 0.600. The maximum absolute atomic E-state index is 14.4. The normalized spacial score (nSPS) is 20.1. The SMILES string of the molecule is CC(C)N(C(=O)c1cc(F)ccc1Oc1nncnc1N1CC[C@@H](CN2CCC3(CCC(NC(=O)c4cocn4)CC3)CC2)C1)C(C)C. The van der Waals surface area contributed by atoms with E-state index in [1.807, 2.05) is 27.7 Å². The number of oxazole rings is 1. The Morgan fingerprint density at radius 1 is 1.06 bits per heavy atom. The van der Waals surface area contributed by atoms with Crippen LogP contribution in [0.4, 0.5) is 10.2 Å². The number of nitrogens with zero attached hydrogens (tertiary/aromatic N) is 7. The van der Waals surface area contributed by atoms with Gasteiger partial charge in [0.25, 0.3) is 17.7 Å². The largest absolute Gasteiger partial charge is 0.451 e. The highest BCUT2D eigenvalue weighted by Gasteiger charge is 2.39. The Bertz CT molecular complexity index is 1540. The summed E-state index contributed by atoms with van der Waals surface area (Å²) in [6.07, 6.45) is 11.7. The predicted molar refractivity (Wildman–Crippen MR) is 177 cm³/mol. The monoisotopic (exact) mass is 662 g/mol. The Morgan fingerprint density at radius 2 is 1.81 bits per heavy atom. The highest BCUT2D eigenvalue weighted by Crippen LogP contribution is 2.45. The number of amides is 2. The zero-order chi connectivity index (χ0) is 33.8. The molecule has 6 rings (SSSR count). The molecule has 12 nitrogen and oxygen atoms in total. The van der Waals surface area contributed by atoms with Gasteiger partial charge in [0.2, 0.25) is 0 Å². The Morgan fingerprint density at radius 3 is 2.50 bits per heavy atom. The summed E-state index contributed by atoms with van der Waals surface area (Å²) < 4.78 is 25.5. The van der Waals surface area contributed by atoms with Crippen LogP contribution in [-0.4, -0.2) is 92.6 Å². The lowest BCUT2D eigenvalue weighted by molar-refractivity contribution is 0.0510. The number of nitrogens with one attached hydrogen (secondary N) is 1. The van der Waals surface area contributed by atoms with E-state index in [9.17, 15) is 14.0 Å². The van der Waals surface area contributed by atoms with Crippen molar-refractivity contribution in [1.29, 1.82) is 0 Å². The first kappa shape index (κ1) is 33.8. The Kier molecular flexibility index (Phi) is 10.2. The minimum absolute atomic E-state index is 0.0740. The molecule has 13 heteroatoms. The Labute approximate surface area is 281 Å². The van der Waals surface area contributed by atoms with E-state index in [2.05, 4.69) is 35.3 Å². The van der Waals surface area contributed by atoms with Crippen LogP contribution in [0.25, 0.3) is 0 Å². The number of aromatic nitrogens is 4. The third kappa shape index (κ3) is 7.61. The highest BCUT2D eigenvalue weighted by molar-refractivity contribution is 5.97. The number of rotatable bonds is 10. The second-order valence-electron chi connectivity index (χ2n) is 14.3. The van der Waals surface area contributed by atoms with E-state index >= 15 is 0 Å². The number of carbonyl (C=O) groups excluding carboxylic acids is 2. The van der Waals surface area contributed by atoms with Crippen molar-refractivity contribution in [3.63, 3.8) is 0 Å². The fourth-order valence-electron chi connectivity index (χ4n) is 7.82. The van der Waals surface area contributed by atoms with Crippen LogP contribution >= 0.6 is 0 Å². The average Bonchev–Trinajstić information content (AvgIpc) is 3.78. The maximum Gasteiger partial charge on any atom is 0.282 e. The molecule has 2 aliphatic heterocycles. The second-order valence-corrected chi connectivity index (χ2v) is 14.3. The zero-order valence-electron chi connectivity index (χ0n) is 28.4. The molecule has 4 heterocycles. The molecule has 258 valence electrons. The molecule has 1 saturated carbocycles. The molecule has 2 aromatic heterocycles. The minimum atomic E-state index is -0.512. The number of benzene rings is 1. The molecular weight excluding hydrogens is 615 g/mol. The summed E-state index contributed by atoms with van der Waals surface area (Å²) in [5.41, 5.74) is 0.845. The number of anilines is 1. The van der Waals surface area contributed by atoms with Crippen LogP contribution in [0.3, 0.4) is 0 Å². The minimum Gasteiger partial charge on any atom is -0.451 e.